The summed E-state index contributed by atoms with van der Waals surface area (Å²) >= 11 is 0. The number of fused-ring (bicyclic) bond motifs is 1. The zero-order valence-corrected chi connectivity index (χ0v) is 13.8. The van der Waals surface area contributed by atoms with Crippen LogP contribution in [0.25, 0.3) is 11.2 Å². The number of hydrogen-bond donors (Lipinski definition) is 2. The van der Waals surface area contributed by atoms with E-state index in [-0.39, 0.29) is 0 Å². The first-order chi connectivity index (χ1) is 12.2. The van der Waals surface area contributed by atoms with Crippen molar-refractivity contribution >= 4 is 23.1 Å². The van der Waals surface area contributed by atoms with E-state index in [0.717, 1.165) is 24.9 Å². The molecule has 0 spiro atoms. The van der Waals surface area contributed by atoms with Crippen LogP contribution in [0.2, 0.25) is 0 Å². The van der Waals surface area contributed by atoms with Crippen molar-refractivity contribution in [3.8, 4) is 0 Å². The lowest BCUT2D eigenvalue weighted by Gasteiger charge is -2.07. The molecule has 130 valence electrons. The van der Waals surface area contributed by atoms with Crippen LogP contribution in [0.3, 0.4) is 0 Å². The summed E-state index contributed by atoms with van der Waals surface area (Å²) in [5, 5.41) is 2.73. The molecule has 8 heteroatoms. The van der Waals surface area contributed by atoms with Crippen LogP contribution in [0.1, 0.15) is 18.4 Å². The molecule has 0 radical (unpaired) electrons. The van der Waals surface area contributed by atoms with Crippen molar-refractivity contribution in [2.75, 3.05) is 12.3 Å². The van der Waals surface area contributed by atoms with Crippen LogP contribution in [0, 0.1) is 0 Å². The molecule has 25 heavy (non-hydrogen) atoms. The zero-order chi connectivity index (χ0) is 17.5. The van der Waals surface area contributed by atoms with Gasteiger partial charge in [-0.3, -0.25) is 0 Å². The molecular weight excluding hydrogens is 320 g/mol. The summed E-state index contributed by atoms with van der Waals surface area (Å²) in [5.41, 5.74) is 8.12. The van der Waals surface area contributed by atoms with E-state index >= 15 is 0 Å². The Kier molecular flexibility index (Phi) is 5.40. The van der Waals surface area contributed by atoms with Crippen molar-refractivity contribution in [1.29, 1.82) is 0 Å². The minimum Gasteiger partial charge on any atom is -0.450 e. The number of carbonyl (C=O) groups is 1. The summed E-state index contributed by atoms with van der Waals surface area (Å²) in [6, 6.07) is 9.70. The first kappa shape index (κ1) is 16.7. The third-order valence-electron chi connectivity index (χ3n) is 3.74. The number of nitrogens with two attached hydrogens (primary N) is 1. The van der Waals surface area contributed by atoms with Crippen LogP contribution in [0.5, 0.6) is 0 Å². The molecule has 0 unspecified atom stereocenters. The lowest BCUT2D eigenvalue weighted by molar-refractivity contribution is 0.143. The Morgan fingerprint density at radius 1 is 1.16 bits per heavy atom. The highest BCUT2D eigenvalue weighted by Gasteiger charge is 2.07. The number of nitrogens with one attached hydrogen (secondary N) is 1. The number of rotatable bonds is 7. The molecule has 2 aromatic heterocycles. The van der Waals surface area contributed by atoms with Crippen molar-refractivity contribution < 1.29 is 9.53 Å². The molecule has 0 aliphatic heterocycles. The van der Waals surface area contributed by atoms with Crippen molar-refractivity contribution in [2.24, 2.45) is 0 Å². The fourth-order valence-electron chi connectivity index (χ4n) is 2.43. The molecule has 0 aliphatic rings. The topological polar surface area (TPSA) is 108 Å². The molecule has 0 saturated heterocycles. The monoisotopic (exact) mass is 340 g/mol. The SMILES string of the molecule is Nc1ncnc2c1ncn2CCCCOC(=O)NCc1ccccc1. The lowest BCUT2D eigenvalue weighted by Crippen LogP contribution is -2.24. The third kappa shape index (κ3) is 4.43. The molecule has 0 bridgehead atoms. The van der Waals surface area contributed by atoms with Crippen LogP contribution < -0.4 is 11.1 Å². The van der Waals surface area contributed by atoms with Gasteiger partial charge in [-0.25, -0.2) is 19.7 Å². The molecule has 1 aromatic carbocycles. The van der Waals surface area contributed by atoms with E-state index in [2.05, 4.69) is 20.3 Å². The van der Waals surface area contributed by atoms with Gasteiger partial charge < -0.3 is 20.4 Å². The van der Waals surface area contributed by atoms with E-state index < -0.39 is 6.09 Å². The normalized spacial score (nSPS) is 10.7. The first-order valence-corrected chi connectivity index (χ1v) is 8.10. The second-order valence-electron chi connectivity index (χ2n) is 5.55. The molecular formula is C17H20N6O2. The average Bonchev–Trinajstić information content (AvgIpc) is 3.05. The molecule has 0 fully saturated rings. The first-order valence-electron chi connectivity index (χ1n) is 8.10. The fraction of sp³-hybridized carbons (Fsp3) is 0.294. The van der Waals surface area contributed by atoms with Gasteiger partial charge in [0.15, 0.2) is 11.5 Å². The number of hydrogen-bond acceptors (Lipinski definition) is 6. The van der Waals surface area contributed by atoms with Gasteiger partial charge in [0.2, 0.25) is 0 Å². The number of unbranched alkanes of at least 4 members (excludes halogenated alkanes) is 1. The van der Waals surface area contributed by atoms with Crippen LogP contribution >= 0.6 is 0 Å². The van der Waals surface area contributed by atoms with Crippen molar-refractivity contribution in [2.45, 2.75) is 25.9 Å². The number of aryl methyl sites for hydroxylation is 1. The number of amides is 1. The van der Waals surface area contributed by atoms with E-state index in [4.69, 9.17) is 10.5 Å². The number of alkyl carbamates (subject to hydrolysis) is 1. The highest BCUT2D eigenvalue weighted by Crippen LogP contribution is 2.14. The van der Waals surface area contributed by atoms with Crippen LogP contribution in [-0.2, 0) is 17.8 Å². The van der Waals surface area contributed by atoms with Crippen molar-refractivity contribution in [3.05, 3.63) is 48.5 Å². The predicted molar refractivity (Wildman–Crippen MR) is 93.6 cm³/mol. The summed E-state index contributed by atoms with van der Waals surface area (Å²) in [7, 11) is 0. The molecule has 2 heterocycles. The van der Waals surface area contributed by atoms with Crippen molar-refractivity contribution in [3.63, 3.8) is 0 Å². The van der Waals surface area contributed by atoms with E-state index in [1.807, 2.05) is 34.9 Å². The van der Waals surface area contributed by atoms with Gasteiger partial charge in [0.05, 0.1) is 12.9 Å². The smallest absolute Gasteiger partial charge is 0.407 e. The maximum Gasteiger partial charge on any atom is 0.407 e. The number of nitrogen functional groups attached to an aromatic ring is 1. The molecule has 0 atom stereocenters. The van der Waals surface area contributed by atoms with Gasteiger partial charge in [-0.1, -0.05) is 30.3 Å². The Hall–Kier alpha value is -3.16. The summed E-state index contributed by atoms with van der Waals surface area (Å²) in [6.07, 6.45) is 4.30. The number of carbonyl (C=O) groups excluding carboxylic acids is 1. The van der Waals surface area contributed by atoms with E-state index in [1.54, 1.807) is 6.33 Å². The van der Waals surface area contributed by atoms with E-state index in [9.17, 15) is 4.79 Å². The Bertz CT molecular complexity index is 834. The predicted octanol–water partition coefficient (Wildman–Crippen LogP) is 2.12. The largest absolute Gasteiger partial charge is 0.450 e. The molecule has 0 aliphatic carbocycles. The Labute approximate surface area is 145 Å². The summed E-state index contributed by atoms with van der Waals surface area (Å²) in [6.45, 7) is 1.55. The molecule has 3 rings (SSSR count). The Morgan fingerprint density at radius 3 is 2.84 bits per heavy atom. The van der Waals surface area contributed by atoms with Gasteiger partial charge in [0.25, 0.3) is 0 Å². The van der Waals surface area contributed by atoms with Gasteiger partial charge in [-0.05, 0) is 18.4 Å². The number of benzene rings is 1. The zero-order valence-electron chi connectivity index (χ0n) is 13.8. The second kappa shape index (κ2) is 8.09. The highest BCUT2D eigenvalue weighted by molar-refractivity contribution is 5.81. The lowest BCUT2D eigenvalue weighted by atomic mass is 10.2. The summed E-state index contributed by atoms with van der Waals surface area (Å²) < 4.78 is 7.09. The van der Waals surface area contributed by atoms with E-state index in [0.29, 0.717) is 30.1 Å². The van der Waals surface area contributed by atoms with Gasteiger partial charge >= 0.3 is 6.09 Å². The number of aromatic nitrogens is 4. The average molecular weight is 340 g/mol. The summed E-state index contributed by atoms with van der Waals surface area (Å²) in [4.78, 5) is 24.0. The molecule has 8 nitrogen and oxygen atoms in total. The summed E-state index contributed by atoms with van der Waals surface area (Å²) in [5.74, 6) is 0.377. The van der Waals surface area contributed by atoms with Gasteiger partial charge in [-0.2, -0.15) is 0 Å². The Balaban J connectivity index is 1.36. The molecule has 3 aromatic rings. The van der Waals surface area contributed by atoms with Gasteiger partial charge in [-0.15, -0.1) is 0 Å². The third-order valence-corrected chi connectivity index (χ3v) is 3.74. The molecule has 1 amide bonds. The Morgan fingerprint density at radius 2 is 2.00 bits per heavy atom. The van der Waals surface area contributed by atoms with Crippen LogP contribution in [-0.4, -0.2) is 32.2 Å². The maximum absolute atomic E-state index is 11.6. The van der Waals surface area contributed by atoms with E-state index in [1.165, 1.54) is 6.33 Å². The minimum absolute atomic E-state index is 0.365. The number of ether oxygens (including phenoxy) is 1. The van der Waals surface area contributed by atoms with Crippen LogP contribution in [0.4, 0.5) is 10.6 Å². The maximum atomic E-state index is 11.6. The molecule has 3 N–H and O–H groups in total. The standard InChI is InChI=1S/C17H20N6O2/c18-15-14-16(21-11-20-15)23(12-22-14)8-4-5-9-25-17(24)19-10-13-6-2-1-3-7-13/h1-3,6-7,11-12H,4-5,8-10H2,(H,19,24)(H2,18,20,21). The second-order valence-corrected chi connectivity index (χ2v) is 5.55. The van der Waals surface area contributed by atoms with Crippen LogP contribution in [0.15, 0.2) is 43.0 Å². The number of nitrogens with zero attached hydrogens (tertiary/aromatic N) is 4. The van der Waals surface area contributed by atoms with Crippen molar-refractivity contribution in [1.82, 2.24) is 24.8 Å². The number of anilines is 1. The number of imidazole rings is 1. The quantitative estimate of drug-likeness (QED) is 0.638. The molecule has 0 saturated carbocycles. The minimum atomic E-state index is -0.405. The fourth-order valence-corrected chi connectivity index (χ4v) is 2.43. The highest BCUT2D eigenvalue weighted by atomic mass is 16.5. The van der Waals surface area contributed by atoms with Gasteiger partial charge in [0, 0.05) is 13.1 Å². The van der Waals surface area contributed by atoms with Gasteiger partial charge in [0.1, 0.15) is 11.8 Å².